The number of hydrogen-bond donors (Lipinski definition) is 1. The molecule has 1 aliphatic rings. The lowest BCUT2D eigenvalue weighted by Crippen LogP contribution is -2.52. The first-order valence-electron chi connectivity index (χ1n) is 8.75. The van der Waals surface area contributed by atoms with Crippen molar-refractivity contribution in [2.24, 2.45) is 11.1 Å². The molecule has 0 aliphatic carbocycles. The van der Waals surface area contributed by atoms with Gasteiger partial charge in [0, 0.05) is 38.0 Å². The van der Waals surface area contributed by atoms with Crippen LogP contribution in [-0.4, -0.2) is 34.9 Å². The molecule has 2 heterocycles. The zero-order valence-corrected chi connectivity index (χ0v) is 16.2. The lowest BCUT2D eigenvalue weighted by molar-refractivity contribution is -0.115. The number of benzene rings is 1. The van der Waals surface area contributed by atoms with Gasteiger partial charge < -0.3 is 5.73 Å². The number of aromatic nitrogens is 1. The van der Waals surface area contributed by atoms with Crippen molar-refractivity contribution < 1.29 is 9.18 Å². The Balaban J connectivity index is 1.75. The molecule has 2 N–H and O–H groups in total. The summed E-state index contributed by atoms with van der Waals surface area (Å²) in [4.78, 5) is 20.7. The van der Waals surface area contributed by atoms with E-state index in [0.29, 0.717) is 10.8 Å². The van der Waals surface area contributed by atoms with Crippen LogP contribution in [0.4, 0.5) is 15.2 Å². The summed E-state index contributed by atoms with van der Waals surface area (Å²) in [6.07, 6.45) is 0.971. The number of likely N-dealkylation sites (tertiary alicyclic amines) is 1. The molecule has 1 amide bonds. The van der Waals surface area contributed by atoms with Gasteiger partial charge in [0.05, 0.1) is 11.4 Å². The Morgan fingerprint density at radius 2 is 2.12 bits per heavy atom. The molecule has 0 bridgehead atoms. The summed E-state index contributed by atoms with van der Waals surface area (Å²) in [5, 5.41) is 2.59. The second-order valence-corrected chi connectivity index (χ2v) is 8.38. The highest BCUT2D eigenvalue weighted by molar-refractivity contribution is 7.14. The number of piperidine rings is 1. The summed E-state index contributed by atoms with van der Waals surface area (Å²) in [5.74, 6) is -0.481. The van der Waals surface area contributed by atoms with Gasteiger partial charge in [-0.15, -0.1) is 11.3 Å². The second kappa shape index (κ2) is 7.42. The van der Waals surface area contributed by atoms with Gasteiger partial charge in [-0.05, 0) is 36.1 Å². The molecule has 1 unspecified atom stereocenters. The van der Waals surface area contributed by atoms with E-state index in [1.165, 1.54) is 35.3 Å². The number of nitrogens with zero attached hydrogens (tertiary/aromatic N) is 3. The van der Waals surface area contributed by atoms with Crippen LogP contribution in [0.15, 0.2) is 29.6 Å². The molecule has 0 saturated carbocycles. The molecule has 1 aromatic carbocycles. The van der Waals surface area contributed by atoms with Crippen LogP contribution in [0.3, 0.4) is 0 Å². The summed E-state index contributed by atoms with van der Waals surface area (Å²) >= 11 is 1.42. The maximum Gasteiger partial charge on any atom is 0.230 e. The molecular weight excluding hydrogens is 351 g/mol. The van der Waals surface area contributed by atoms with Crippen LogP contribution in [-0.2, 0) is 11.3 Å². The molecule has 1 saturated heterocycles. The van der Waals surface area contributed by atoms with E-state index in [1.807, 2.05) is 5.38 Å². The molecule has 26 heavy (non-hydrogen) atoms. The molecule has 0 spiro atoms. The first kappa shape index (κ1) is 18.9. The third kappa shape index (κ3) is 4.11. The molecule has 2 aromatic rings. The number of anilines is 2. The monoisotopic (exact) mass is 376 g/mol. The number of amides is 1. The number of hydrogen-bond acceptors (Lipinski definition) is 5. The molecule has 1 aromatic heterocycles. The Morgan fingerprint density at radius 1 is 1.42 bits per heavy atom. The SMILES string of the molecule is CC(=O)N(c1ccc(F)cc1)c1nc(CN2CCC(N)C(C)(C)C2)cs1. The summed E-state index contributed by atoms with van der Waals surface area (Å²) in [6.45, 7) is 8.49. The van der Waals surface area contributed by atoms with Crippen molar-refractivity contribution in [1.82, 2.24) is 9.88 Å². The van der Waals surface area contributed by atoms with Crippen molar-refractivity contribution in [2.45, 2.75) is 39.8 Å². The minimum atomic E-state index is -0.331. The summed E-state index contributed by atoms with van der Waals surface area (Å²) in [7, 11) is 0. The smallest absolute Gasteiger partial charge is 0.230 e. The van der Waals surface area contributed by atoms with Crippen LogP contribution in [0, 0.1) is 11.2 Å². The van der Waals surface area contributed by atoms with Crippen LogP contribution in [0.25, 0.3) is 0 Å². The topological polar surface area (TPSA) is 62.5 Å². The highest BCUT2D eigenvalue weighted by atomic mass is 32.1. The van der Waals surface area contributed by atoms with Gasteiger partial charge in [0.15, 0.2) is 5.13 Å². The van der Waals surface area contributed by atoms with Crippen molar-refractivity contribution in [3.8, 4) is 0 Å². The molecule has 3 rings (SSSR count). The van der Waals surface area contributed by atoms with E-state index in [1.54, 1.807) is 12.1 Å². The maximum atomic E-state index is 13.2. The Labute approximate surface area is 157 Å². The fraction of sp³-hybridized carbons (Fsp3) is 0.474. The van der Waals surface area contributed by atoms with Gasteiger partial charge in [-0.25, -0.2) is 9.37 Å². The predicted octanol–water partition coefficient (Wildman–Crippen LogP) is 3.53. The van der Waals surface area contributed by atoms with Gasteiger partial charge in [-0.2, -0.15) is 0 Å². The van der Waals surface area contributed by atoms with Crippen molar-refractivity contribution >= 4 is 28.1 Å². The van der Waals surface area contributed by atoms with Crippen molar-refractivity contribution in [1.29, 1.82) is 0 Å². The lowest BCUT2D eigenvalue weighted by atomic mass is 9.80. The van der Waals surface area contributed by atoms with Crippen LogP contribution in [0.5, 0.6) is 0 Å². The second-order valence-electron chi connectivity index (χ2n) is 7.55. The molecule has 7 heteroatoms. The van der Waals surface area contributed by atoms with E-state index in [0.717, 1.165) is 31.7 Å². The van der Waals surface area contributed by atoms with E-state index in [2.05, 4.69) is 23.7 Å². The molecule has 1 aliphatic heterocycles. The first-order chi connectivity index (χ1) is 12.3. The minimum Gasteiger partial charge on any atom is -0.327 e. The highest BCUT2D eigenvalue weighted by Gasteiger charge is 2.33. The average molecular weight is 377 g/mol. The Morgan fingerprint density at radius 3 is 2.73 bits per heavy atom. The summed E-state index contributed by atoms with van der Waals surface area (Å²) < 4.78 is 13.2. The van der Waals surface area contributed by atoms with E-state index in [4.69, 9.17) is 5.73 Å². The van der Waals surface area contributed by atoms with E-state index < -0.39 is 0 Å². The number of thiazole rings is 1. The number of halogens is 1. The van der Waals surface area contributed by atoms with Gasteiger partial charge in [0.1, 0.15) is 5.82 Å². The van der Waals surface area contributed by atoms with E-state index in [9.17, 15) is 9.18 Å². The van der Waals surface area contributed by atoms with Crippen molar-refractivity contribution in [2.75, 3.05) is 18.0 Å². The highest BCUT2D eigenvalue weighted by Crippen LogP contribution is 2.31. The van der Waals surface area contributed by atoms with Crippen molar-refractivity contribution in [3.05, 3.63) is 41.2 Å². The van der Waals surface area contributed by atoms with Crippen LogP contribution < -0.4 is 10.6 Å². The fourth-order valence-electron chi connectivity index (χ4n) is 3.34. The largest absolute Gasteiger partial charge is 0.327 e. The predicted molar refractivity (Wildman–Crippen MR) is 103 cm³/mol. The normalized spacial score (nSPS) is 20.1. The van der Waals surface area contributed by atoms with Gasteiger partial charge in [0.25, 0.3) is 0 Å². The van der Waals surface area contributed by atoms with Crippen LogP contribution in [0.1, 0.15) is 32.9 Å². The quantitative estimate of drug-likeness (QED) is 0.887. The molecular formula is C19H25FN4OS. The van der Waals surface area contributed by atoms with Gasteiger partial charge >= 0.3 is 0 Å². The molecule has 0 radical (unpaired) electrons. The Bertz CT molecular complexity index is 774. The molecule has 140 valence electrons. The Kier molecular flexibility index (Phi) is 5.41. The standard InChI is InChI=1S/C19H25FN4OS/c1-13(25)24(16-6-4-14(20)5-7-16)18-22-15(11-26-18)10-23-9-8-17(21)19(2,3)12-23/h4-7,11,17H,8-10,12,21H2,1-3H3. The molecule has 5 nitrogen and oxygen atoms in total. The zero-order chi connectivity index (χ0) is 18.9. The van der Waals surface area contributed by atoms with Crippen LogP contribution >= 0.6 is 11.3 Å². The third-order valence-corrected chi connectivity index (χ3v) is 5.78. The van der Waals surface area contributed by atoms with E-state index >= 15 is 0 Å². The lowest BCUT2D eigenvalue weighted by Gasteiger charge is -2.42. The van der Waals surface area contributed by atoms with Crippen molar-refractivity contribution in [3.63, 3.8) is 0 Å². The summed E-state index contributed by atoms with van der Waals surface area (Å²) in [6, 6.07) is 6.09. The fourth-order valence-corrected chi connectivity index (χ4v) is 4.22. The molecule has 1 fully saturated rings. The Hall–Kier alpha value is -1.83. The van der Waals surface area contributed by atoms with Gasteiger partial charge in [0.2, 0.25) is 5.91 Å². The number of rotatable bonds is 4. The zero-order valence-electron chi connectivity index (χ0n) is 15.4. The number of carbonyl (C=O) groups excluding carboxylic acids is 1. The minimum absolute atomic E-state index is 0.0800. The maximum absolute atomic E-state index is 13.2. The number of carbonyl (C=O) groups is 1. The number of nitrogens with two attached hydrogens (primary N) is 1. The first-order valence-corrected chi connectivity index (χ1v) is 9.63. The average Bonchev–Trinajstić information content (AvgIpc) is 3.00. The third-order valence-electron chi connectivity index (χ3n) is 4.91. The van der Waals surface area contributed by atoms with Gasteiger partial charge in [-0.3, -0.25) is 14.6 Å². The molecule has 1 atom stereocenters. The van der Waals surface area contributed by atoms with Crippen LogP contribution in [0.2, 0.25) is 0 Å². The van der Waals surface area contributed by atoms with E-state index in [-0.39, 0.29) is 23.2 Å². The van der Waals surface area contributed by atoms with Gasteiger partial charge in [-0.1, -0.05) is 13.8 Å². The summed E-state index contributed by atoms with van der Waals surface area (Å²) in [5.41, 5.74) is 7.84.